The Balaban J connectivity index is 1.54. The van der Waals surface area contributed by atoms with E-state index in [9.17, 15) is 9.59 Å². The van der Waals surface area contributed by atoms with Gasteiger partial charge < -0.3 is 19.7 Å². The van der Waals surface area contributed by atoms with E-state index in [1.807, 2.05) is 45.9 Å². The van der Waals surface area contributed by atoms with Gasteiger partial charge in [-0.1, -0.05) is 23.8 Å². The molecule has 1 saturated heterocycles. The summed E-state index contributed by atoms with van der Waals surface area (Å²) in [5.74, 6) is -0.0567. The molecule has 1 aromatic heterocycles. The number of allylic oxidation sites excluding steroid dienone is 3. The van der Waals surface area contributed by atoms with Gasteiger partial charge in [0.15, 0.2) is 0 Å². The molecule has 1 amide bonds. The molecule has 0 saturated carbocycles. The van der Waals surface area contributed by atoms with E-state index >= 15 is 0 Å². The third-order valence-electron chi connectivity index (χ3n) is 6.31. The number of esters is 1. The van der Waals surface area contributed by atoms with Crippen LogP contribution in [0.15, 0.2) is 35.7 Å². The van der Waals surface area contributed by atoms with Crippen molar-refractivity contribution in [3.63, 3.8) is 0 Å². The number of halogens is 1. The van der Waals surface area contributed by atoms with Gasteiger partial charge in [0.2, 0.25) is 11.9 Å². The largest absolute Gasteiger partial charge is 0.458 e. The number of amides is 1. The van der Waals surface area contributed by atoms with Crippen LogP contribution in [0.25, 0.3) is 5.57 Å². The Labute approximate surface area is 205 Å². The lowest BCUT2D eigenvalue weighted by atomic mass is 9.74. The van der Waals surface area contributed by atoms with Gasteiger partial charge in [0.25, 0.3) is 0 Å². The molecule has 1 fully saturated rings. The maximum Gasteiger partial charge on any atom is 0.329 e. The first kappa shape index (κ1) is 24.4. The smallest absolute Gasteiger partial charge is 0.329 e. The fourth-order valence-corrected chi connectivity index (χ4v) is 4.59. The van der Waals surface area contributed by atoms with Crippen molar-refractivity contribution in [1.82, 2.24) is 14.9 Å². The van der Waals surface area contributed by atoms with E-state index in [0.717, 1.165) is 23.3 Å². The summed E-state index contributed by atoms with van der Waals surface area (Å²) in [6, 6.07) is -0.676. The SMILES string of the molecule is C[C@@H](C(=O)OC(C)(C)C)N1CC2=CC=C(c3nc(NC4=CCOCC4)ncc3Cl)CC2(C)C1=O. The molecule has 9 heteroatoms. The molecule has 1 unspecified atom stereocenters. The summed E-state index contributed by atoms with van der Waals surface area (Å²) >= 11 is 6.47. The van der Waals surface area contributed by atoms with Gasteiger partial charge in [-0.25, -0.2) is 14.8 Å². The van der Waals surface area contributed by atoms with Gasteiger partial charge in [0, 0.05) is 18.7 Å². The quantitative estimate of drug-likeness (QED) is 0.625. The van der Waals surface area contributed by atoms with Gasteiger partial charge in [-0.3, -0.25) is 4.79 Å². The van der Waals surface area contributed by atoms with E-state index in [0.29, 0.717) is 42.8 Å². The van der Waals surface area contributed by atoms with Crippen molar-refractivity contribution in [2.45, 2.75) is 59.1 Å². The van der Waals surface area contributed by atoms with Crippen LogP contribution in [0.4, 0.5) is 5.95 Å². The number of carbonyl (C=O) groups excluding carboxylic acids is 2. The number of anilines is 1. The zero-order valence-corrected chi connectivity index (χ0v) is 21.0. The summed E-state index contributed by atoms with van der Waals surface area (Å²) < 4.78 is 10.9. The number of ether oxygens (including phenoxy) is 2. The number of nitrogens with zero attached hydrogens (tertiary/aromatic N) is 3. The number of rotatable bonds is 5. The highest BCUT2D eigenvalue weighted by molar-refractivity contribution is 6.32. The van der Waals surface area contributed by atoms with Crippen molar-refractivity contribution in [3.8, 4) is 0 Å². The Bertz CT molecular complexity index is 1100. The van der Waals surface area contributed by atoms with Gasteiger partial charge in [-0.15, -0.1) is 0 Å². The first-order valence-electron chi connectivity index (χ1n) is 11.5. The first-order valence-corrected chi connectivity index (χ1v) is 11.9. The monoisotopic (exact) mass is 486 g/mol. The Kier molecular flexibility index (Phi) is 6.57. The second kappa shape index (κ2) is 9.15. The van der Waals surface area contributed by atoms with E-state index in [1.54, 1.807) is 18.0 Å². The number of nitrogens with one attached hydrogen (secondary N) is 1. The van der Waals surface area contributed by atoms with Gasteiger partial charge in [0.1, 0.15) is 11.6 Å². The van der Waals surface area contributed by atoms with E-state index in [-0.39, 0.29) is 5.91 Å². The fourth-order valence-electron chi connectivity index (χ4n) is 4.38. The van der Waals surface area contributed by atoms with Gasteiger partial charge in [0.05, 0.1) is 35.5 Å². The van der Waals surface area contributed by atoms with E-state index in [2.05, 4.69) is 15.3 Å². The Morgan fingerprint density at radius 2 is 2.12 bits per heavy atom. The average molecular weight is 487 g/mol. The van der Waals surface area contributed by atoms with Crippen LogP contribution < -0.4 is 5.32 Å². The van der Waals surface area contributed by atoms with Crippen molar-refractivity contribution in [2.24, 2.45) is 5.41 Å². The molecule has 4 rings (SSSR count). The number of fused-ring (bicyclic) bond motifs is 1. The minimum Gasteiger partial charge on any atom is -0.458 e. The van der Waals surface area contributed by atoms with Crippen molar-refractivity contribution in [3.05, 3.63) is 46.4 Å². The van der Waals surface area contributed by atoms with Gasteiger partial charge in [-0.2, -0.15) is 0 Å². The molecule has 182 valence electrons. The Morgan fingerprint density at radius 1 is 1.35 bits per heavy atom. The van der Waals surface area contributed by atoms with Crippen molar-refractivity contribution < 1.29 is 19.1 Å². The lowest BCUT2D eigenvalue weighted by Gasteiger charge is -2.30. The Morgan fingerprint density at radius 3 is 2.79 bits per heavy atom. The van der Waals surface area contributed by atoms with Crippen molar-refractivity contribution in [1.29, 1.82) is 0 Å². The molecule has 1 aliphatic carbocycles. The van der Waals surface area contributed by atoms with Gasteiger partial charge in [-0.05, 0) is 58.3 Å². The zero-order valence-electron chi connectivity index (χ0n) is 20.3. The topological polar surface area (TPSA) is 93.7 Å². The molecule has 3 aliphatic rings. The van der Waals surface area contributed by atoms with Crippen LogP contribution >= 0.6 is 11.6 Å². The van der Waals surface area contributed by atoms with Crippen LogP contribution in [-0.4, -0.2) is 58.1 Å². The molecule has 0 aromatic carbocycles. The van der Waals surface area contributed by atoms with Crippen LogP contribution in [0.3, 0.4) is 0 Å². The molecule has 0 radical (unpaired) electrons. The minimum absolute atomic E-state index is 0.0985. The summed E-state index contributed by atoms with van der Waals surface area (Å²) in [6.07, 6.45) is 8.63. The molecule has 34 heavy (non-hydrogen) atoms. The average Bonchev–Trinajstić information content (AvgIpc) is 3.04. The summed E-state index contributed by atoms with van der Waals surface area (Å²) in [7, 11) is 0. The third kappa shape index (κ3) is 4.88. The predicted octanol–water partition coefficient (Wildman–Crippen LogP) is 4.14. The molecule has 2 atom stereocenters. The molecular formula is C25H31ClN4O4. The highest BCUT2D eigenvalue weighted by Gasteiger charge is 2.51. The molecule has 1 N–H and O–H groups in total. The number of hydrogen-bond acceptors (Lipinski definition) is 7. The van der Waals surface area contributed by atoms with Crippen molar-refractivity contribution in [2.75, 3.05) is 25.1 Å². The Hall–Kier alpha value is -2.71. The van der Waals surface area contributed by atoms with E-state index in [1.165, 1.54) is 0 Å². The maximum absolute atomic E-state index is 13.5. The minimum atomic E-state index is -0.772. The zero-order chi connectivity index (χ0) is 24.7. The molecular weight excluding hydrogens is 456 g/mol. The first-order chi connectivity index (χ1) is 16.0. The molecule has 1 aromatic rings. The molecule has 2 aliphatic heterocycles. The number of hydrogen-bond donors (Lipinski definition) is 1. The molecule has 0 bridgehead atoms. The highest BCUT2D eigenvalue weighted by Crippen LogP contribution is 2.47. The van der Waals surface area contributed by atoms with E-state index < -0.39 is 23.0 Å². The van der Waals surface area contributed by atoms with Crippen LogP contribution in [0.2, 0.25) is 5.02 Å². The number of likely N-dealkylation sites (tertiary alicyclic amines) is 1. The van der Waals surface area contributed by atoms with E-state index in [4.69, 9.17) is 21.1 Å². The lowest BCUT2D eigenvalue weighted by Crippen LogP contribution is -2.45. The summed E-state index contributed by atoms with van der Waals surface area (Å²) in [4.78, 5) is 36.7. The second-order valence-corrected chi connectivity index (χ2v) is 10.5. The molecule has 8 nitrogen and oxygen atoms in total. The highest BCUT2D eigenvalue weighted by atomic mass is 35.5. The second-order valence-electron chi connectivity index (χ2n) is 10.1. The summed E-state index contributed by atoms with van der Waals surface area (Å²) in [6.45, 7) is 10.7. The van der Waals surface area contributed by atoms with Crippen LogP contribution in [0, 0.1) is 5.41 Å². The summed E-state index contributed by atoms with van der Waals surface area (Å²) in [5.41, 5.74) is 2.02. The van der Waals surface area contributed by atoms with Gasteiger partial charge >= 0.3 is 5.97 Å². The van der Waals surface area contributed by atoms with Crippen molar-refractivity contribution >= 4 is 35.0 Å². The van der Waals surface area contributed by atoms with Crippen LogP contribution in [-0.2, 0) is 19.1 Å². The number of aromatic nitrogens is 2. The normalized spacial score (nSPS) is 23.5. The maximum atomic E-state index is 13.5. The molecule has 3 heterocycles. The molecule has 0 spiro atoms. The van der Waals surface area contributed by atoms with Crippen LogP contribution in [0.5, 0.6) is 0 Å². The predicted molar refractivity (Wildman–Crippen MR) is 130 cm³/mol. The lowest BCUT2D eigenvalue weighted by molar-refractivity contribution is -0.163. The third-order valence-corrected chi connectivity index (χ3v) is 6.59. The standard InChI is InChI=1S/C25H31ClN4O4/c1-15(21(31)34-24(2,3)4)30-14-17-7-6-16(12-25(17,5)22(30)32)20-19(26)13-27-23(29-20)28-18-8-10-33-11-9-18/h6-8,13,15H,9-12,14H2,1-5H3,(H,27,28,29)/t15-,25?/m0/s1. The summed E-state index contributed by atoms with van der Waals surface area (Å²) in [5, 5.41) is 3.66. The number of carbonyl (C=O) groups is 2. The van der Waals surface area contributed by atoms with Crippen LogP contribution in [0.1, 0.15) is 53.2 Å². The fraction of sp³-hybridized carbons (Fsp3) is 0.520.